The van der Waals surface area contributed by atoms with Gasteiger partial charge < -0.3 is 11.5 Å². The third kappa shape index (κ3) is 3.04. The Kier molecular flexibility index (Phi) is 7.12. The van der Waals surface area contributed by atoms with Crippen LogP contribution >= 0.6 is 24.8 Å². The molecule has 0 radical (unpaired) electrons. The van der Waals surface area contributed by atoms with E-state index in [-0.39, 0.29) is 42.7 Å². The van der Waals surface area contributed by atoms with Gasteiger partial charge in [0.25, 0.3) is 5.91 Å². The van der Waals surface area contributed by atoms with Gasteiger partial charge in [-0.3, -0.25) is 9.48 Å². The summed E-state index contributed by atoms with van der Waals surface area (Å²) in [5.74, 6) is -0.696. The maximum Gasteiger partial charge on any atom is 0.269 e. The van der Waals surface area contributed by atoms with Crippen LogP contribution in [0, 0.1) is 0 Å². The summed E-state index contributed by atoms with van der Waals surface area (Å²) in [5.41, 5.74) is 10.6. The molecule has 0 aliphatic rings. The van der Waals surface area contributed by atoms with Crippen LogP contribution in [0.1, 0.15) is 10.5 Å². The van der Waals surface area contributed by atoms with Crippen molar-refractivity contribution >= 4 is 36.4 Å². The lowest BCUT2D eigenvalue weighted by atomic mass is 10.3. The number of carbonyl (C=O) groups is 1. The SMILES string of the molecule is Cl.Cl.NC(=O)c1c(N)cnn1CCF. The molecule has 82 valence electrons. The first kappa shape index (κ1) is 15.5. The number of hydrogen-bond acceptors (Lipinski definition) is 3. The van der Waals surface area contributed by atoms with Crippen molar-refractivity contribution in [3.63, 3.8) is 0 Å². The molecular weight excluding hydrogens is 234 g/mol. The van der Waals surface area contributed by atoms with E-state index in [1.54, 1.807) is 0 Å². The number of carbonyl (C=O) groups excluding carboxylic acids is 1. The predicted molar refractivity (Wildman–Crippen MR) is 55.6 cm³/mol. The van der Waals surface area contributed by atoms with Crippen LogP contribution in [-0.2, 0) is 6.54 Å². The van der Waals surface area contributed by atoms with E-state index < -0.39 is 12.6 Å². The number of aromatic nitrogens is 2. The number of rotatable bonds is 3. The highest BCUT2D eigenvalue weighted by atomic mass is 35.5. The Morgan fingerprint density at radius 2 is 2.14 bits per heavy atom. The monoisotopic (exact) mass is 244 g/mol. The molecule has 0 spiro atoms. The van der Waals surface area contributed by atoms with Crippen LogP contribution in [0.2, 0.25) is 0 Å². The summed E-state index contributed by atoms with van der Waals surface area (Å²) in [6, 6.07) is 0. The molecule has 0 aliphatic carbocycles. The maximum absolute atomic E-state index is 11.9. The molecular formula is C6H11Cl2FN4O. The summed E-state index contributed by atoms with van der Waals surface area (Å²) < 4.78 is 13.0. The second-order valence-electron chi connectivity index (χ2n) is 2.22. The Morgan fingerprint density at radius 1 is 1.57 bits per heavy atom. The highest BCUT2D eigenvalue weighted by molar-refractivity contribution is 5.96. The van der Waals surface area contributed by atoms with Gasteiger partial charge in [0.2, 0.25) is 0 Å². The molecule has 0 saturated heterocycles. The number of halogens is 3. The normalized spacial score (nSPS) is 8.64. The number of aryl methyl sites for hydroxylation is 1. The van der Waals surface area contributed by atoms with E-state index in [1.165, 1.54) is 6.20 Å². The van der Waals surface area contributed by atoms with Gasteiger partial charge in [-0.2, -0.15) is 5.10 Å². The minimum Gasteiger partial charge on any atom is -0.396 e. The zero-order valence-corrected chi connectivity index (χ0v) is 8.78. The molecule has 0 atom stereocenters. The van der Waals surface area contributed by atoms with E-state index in [4.69, 9.17) is 11.5 Å². The second-order valence-corrected chi connectivity index (χ2v) is 2.22. The second kappa shape index (κ2) is 6.44. The van der Waals surface area contributed by atoms with Crippen LogP contribution in [-0.4, -0.2) is 22.4 Å². The molecule has 8 heteroatoms. The number of nitrogen functional groups attached to an aromatic ring is 1. The van der Waals surface area contributed by atoms with Crippen LogP contribution in [0.15, 0.2) is 6.20 Å². The first-order valence-corrected chi connectivity index (χ1v) is 3.34. The summed E-state index contributed by atoms with van der Waals surface area (Å²) in [4.78, 5) is 10.7. The van der Waals surface area contributed by atoms with E-state index in [0.29, 0.717) is 0 Å². The van der Waals surface area contributed by atoms with Crippen molar-refractivity contribution in [1.82, 2.24) is 9.78 Å². The van der Waals surface area contributed by atoms with E-state index in [0.717, 1.165) is 4.68 Å². The Hall–Kier alpha value is -1.01. The summed E-state index contributed by atoms with van der Waals surface area (Å²) in [7, 11) is 0. The van der Waals surface area contributed by atoms with Crippen molar-refractivity contribution in [2.45, 2.75) is 6.54 Å². The molecule has 0 unspecified atom stereocenters. The van der Waals surface area contributed by atoms with Crippen LogP contribution in [0.5, 0.6) is 0 Å². The van der Waals surface area contributed by atoms with Crippen LogP contribution in [0.4, 0.5) is 10.1 Å². The zero-order chi connectivity index (χ0) is 9.14. The van der Waals surface area contributed by atoms with Gasteiger partial charge in [-0.05, 0) is 0 Å². The Labute approximate surface area is 92.4 Å². The van der Waals surface area contributed by atoms with Gasteiger partial charge in [0.15, 0.2) is 0 Å². The molecule has 1 heterocycles. The molecule has 0 saturated carbocycles. The van der Waals surface area contributed by atoms with Crippen LogP contribution in [0.25, 0.3) is 0 Å². The Balaban J connectivity index is 0. The van der Waals surface area contributed by atoms with Gasteiger partial charge in [-0.15, -0.1) is 24.8 Å². The summed E-state index contributed by atoms with van der Waals surface area (Å²) in [6.07, 6.45) is 1.27. The van der Waals surface area contributed by atoms with Gasteiger partial charge in [-0.25, -0.2) is 4.39 Å². The number of primary amides is 1. The van der Waals surface area contributed by atoms with Crippen molar-refractivity contribution < 1.29 is 9.18 Å². The molecule has 5 nitrogen and oxygen atoms in total. The van der Waals surface area contributed by atoms with E-state index in [9.17, 15) is 9.18 Å². The average Bonchev–Trinajstić information content (AvgIpc) is 2.32. The van der Waals surface area contributed by atoms with Gasteiger partial charge in [0, 0.05) is 0 Å². The molecule has 1 aromatic rings. The number of hydrogen-bond donors (Lipinski definition) is 2. The van der Waals surface area contributed by atoms with Crippen molar-refractivity contribution in [3.05, 3.63) is 11.9 Å². The van der Waals surface area contributed by atoms with Crippen molar-refractivity contribution in [2.75, 3.05) is 12.4 Å². The lowest BCUT2D eigenvalue weighted by molar-refractivity contribution is 0.0990. The Morgan fingerprint density at radius 3 is 2.57 bits per heavy atom. The smallest absolute Gasteiger partial charge is 0.269 e. The molecule has 0 aromatic carbocycles. The third-order valence-electron chi connectivity index (χ3n) is 1.40. The number of amides is 1. The standard InChI is InChI=1S/C6H9FN4O.2ClH/c7-1-2-11-5(6(9)12)4(8)3-10-11;;/h3H,1-2,8H2,(H2,9,12);2*1H. The summed E-state index contributed by atoms with van der Waals surface area (Å²) in [6.45, 7) is -0.614. The van der Waals surface area contributed by atoms with Crippen molar-refractivity contribution in [1.29, 1.82) is 0 Å². The fraction of sp³-hybridized carbons (Fsp3) is 0.333. The first-order chi connectivity index (χ1) is 5.66. The van der Waals surface area contributed by atoms with Crippen LogP contribution < -0.4 is 11.5 Å². The molecule has 1 rings (SSSR count). The fourth-order valence-corrected chi connectivity index (χ4v) is 0.919. The number of alkyl halides is 1. The minimum atomic E-state index is -0.696. The summed E-state index contributed by atoms with van der Waals surface area (Å²) in [5, 5.41) is 3.68. The first-order valence-electron chi connectivity index (χ1n) is 3.34. The number of anilines is 1. The van der Waals surface area contributed by atoms with E-state index >= 15 is 0 Å². The van der Waals surface area contributed by atoms with E-state index in [2.05, 4.69) is 5.10 Å². The fourth-order valence-electron chi connectivity index (χ4n) is 0.919. The maximum atomic E-state index is 11.9. The molecule has 0 aliphatic heterocycles. The molecule has 1 aromatic heterocycles. The molecule has 0 fully saturated rings. The van der Waals surface area contributed by atoms with Gasteiger partial charge >= 0.3 is 0 Å². The summed E-state index contributed by atoms with van der Waals surface area (Å²) >= 11 is 0. The lowest BCUT2D eigenvalue weighted by Crippen LogP contribution is -2.19. The Bertz CT molecular complexity index is 304. The van der Waals surface area contributed by atoms with Crippen molar-refractivity contribution in [3.8, 4) is 0 Å². The van der Waals surface area contributed by atoms with E-state index in [1.807, 2.05) is 0 Å². The average molecular weight is 245 g/mol. The highest BCUT2D eigenvalue weighted by Crippen LogP contribution is 2.08. The topological polar surface area (TPSA) is 86.9 Å². The molecule has 14 heavy (non-hydrogen) atoms. The highest BCUT2D eigenvalue weighted by Gasteiger charge is 2.12. The molecule has 4 N–H and O–H groups in total. The largest absolute Gasteiger partial charge is 0.396 e. The van der Waals surface area contributed by atoms with Gasteiger partial charge in [0.1, 0.15) is 12.4 Å². The minimum absolute atomic E-state index is 0. The van der Waals surface area contributed by atoms with Gasteiger partial charge in [0.05, 0.1) is 18.4 Å². The van der Waals surface area contributed by atoms with Crippen LogP contribution in [0.3, 0.4) is 0 Å². The molecule has 0 bridgehead atoms. The predicted octanol–water partition coefficient (Wildman–Crippen LogP) is 0.377. The third-order valence-corrected chi connectivity index (χ3v) is 1.40. The number of nitrogens with zero attached hydrogens (tertiary/aromatic N) is 2. The lowest BCUT2D eigenvalue weighted by Gasteiger charge is -2.00. The molecule has 1 amide bonds. The quantitative estimate of drug-likeness (QED) is 0.806. The van der Waals surface area contributed by atoms with Crippen molar-refractivity contribution in [2.24, 2.45) is 5.73 Å². The van der Waals surface area contributed by atoms with Gasteiger partial charge in [-0.1, -0.05) is 0 Å². The number of nitrogens with two attached hydrogens (primary N) is 2. The zero-order valence-electron chi connectivity index (χ0n) is 7.14.